The van der Waals surface area contributed by atoms with Crippen LogP contribution in [0.5, 0.6) is 5.75 Å². The van der Waals surface area contributed by atoms with Gasteiger partial charge in [-0.25, -0.2) is 0 Å². The van der Waals surface area contributed by atoms with Crippen LogP contribution in [0.4, 0.5) is 0 Å². The Kier molecular flexibility index (Phi) is 9.84. The first kappa shape index (κ1) is 16.9. The van der Waals surface area contributed by atoms with E-state index in [9.17, 15) is 0 Å². The molecule has 0 unspecified atom stereocenters. The fraction of sp³-hybridized carbons (Fsp3) is 0.500. The monoisotopic (exact) mass is 295 g/mol. The summed E-state index contributed by atoms with van der Waals surface area (Å²) in [5.41, 5.74) is 5.75. The number of rotatable bonds is 7. The minimum atomic E-state index is 0. The Morgan fingerprint density at radius 2 is 2.12 bits per heavy atom. The molecule has 0 spiro atoms. The molecule has 0 fully saturated rings. The molecule has 1 rings (SSSR count). The van der Waals surface area contributed by atoms with Gasteiger partial charge in [0, 0.05) is 16.8 Å². The SMILES string of the molecule is Cl.N[C@H](CS)CCCCOc1cccc(Cl)c1. The average molecular weight is 296 g/mol. The second kappa shape index (κ2) is 9.89. The third-order valence-corrected chi connectivity index (χ3v) is 2.97. The van der Waals surface area contributed by atoms with E-state index in [2.05, 4.69) is 12.6 Å². The molecule has 0 amide bonds. The van der Waals surface area contributed by atoms with Crippen LogP contribution < -0.4 is 10.5 Å². The summed E-state index contributed by atoms with van der Waals surface area (Å²) in [7, 11) is 0. The minimum Gasteiger partial charge on any atom is -0.494 e. The lowest BCUT2D eigenvalue weighted by molar-refractivity contribution is 0.304. The first-order chi connectivity index (χ1) is 7.72. The molecular weight excluding hydrogens is 277 g/mol. The number of unbranched alkanes of at least 4 members (excludes halogenated alkanes) is 1. The van der Waals surface area contributed by atoms with Crippen LogP contribution in [0, 0.1) is 0 Å². The summed E-state index contributed by atoms with van der Waals surface area (Å²) in [6.45, 7) is 0.708. The van der Waals surface area contributed by atoms with Gasteiger partial charge in [-0.15, -0.1) is 12.4 Å². The average Bonchev–Trinajstić information content (AvgIpc) is 2.28. The summed E-state index contributed by atoms with van der Waals surface area (Å²) >= 11 is 9.98. The maximum Gasteiger partial charge on any atom is 0.120 e. The molecule has 0 aliphatic carbocycles. The van der Waals surface area contributed by atoms with Gasteiger partial charge in [-0.2, -0.15) is 12.6 Å². The maximum atomic E-state index is 5.84. The van der Waals surface area contributed by atoms with Gasteiger partial charge >= 0.3 is 0 Å². The van der Waals surface area contributed by atoms with Gasteiger partial charge in [0.05, 0.1) is 6.61 Å². The maximum absolute atomic E-state index is 5.84. The molecule has 98 valence electrons. The topological polar surface area (TPSA) is 35.2 Å². The Bertz CT molecular complexity index is 312. The van der Waals surface area contributed by atoms with Gasteiger partial charge in [0.15, 0.2) is 0 Å². The van der Waals surface area contributed by atoms with Crippen LogP contribution in [-0.2, 0) is 0 Å². The van der Waals surface area contributed by atoms with Crippen molar-refractivity contribution in [2.45, 2.75) is 25.3 Å². The first-order valence-corrected chi connectivity index (χ1v) is 6.48. The van der Waals surface area contributed by atoms with E-state index in [1.807, 2.05) is 24.3 Å². The second-order valence-corrected chi connectivity index (χ2v) is 4.55. The van der Waals surface area contributed by atoms with Gasteiger partial charge in [-0.3, -0.25) is 0 Å². The molecule has 0 heterocycles. The zero-order valence-corrected chi connectivity index (χ0v) is 12.1. The van der Waals surface area contributed by atoms with Crippen LogP contribution in [0.3, 0.4) is 0 Å². The largest absolute Gasteiger partial charge is 0.494 e. The Morgan fingerprint density at radius 3 is 2.76 bits per heavy atom. The molecule has 0 aliphatic rings. The number of thiol groups is 1. The van der Waals surface area contributed by atoms with Crippen molar-refractivity contribution >= 4 is 36.6 Å². The van der Waals surface area contributed by atoms with Crippen molar-refractivity contribution in [1.82, 2.24) is 0 Å². The highest BCUT2D eigenvalue weighted by Crippen LogP contribution is 2.17. The third-order valence-electron chi connectivity index (χ3n) is 2.27. The fourth-order valence-corrected chi connectivity index (χ4v) is 1.71. The van der Waals surface area contributed by atoms with Gasteiger partial charge in [0.2, 0.25) is 0 Å². The molecule has 17 heavy (non-hydrogen) atoms. The number of halogens is 2. The summed E-state index contributed by atoms with van der Waals surface area (Å²) in [4.78, 5) is 0. The second-order valence-electron chi connectivity index (χ2n) is 3.74. The standard InChI is InChI=1S/C12H18ClNOS.ClH/c13-10-4-3-6-12(8-10)15-7-2-1-5-11(14)9-16;/h3-4,6,8,11,16H,1-2,5,7,9,14H2;1H/t11-;/m0./s1. The highest BCUT2D eigenvalue weighted by Gasteiger charge is 1.99. The van der Waals surface area contributed by atoms with Crippen LogP contribution in [-0.4, -0.2) is 18.4 Å². The molecule has 0 saturated carbocycles. The normalized spacial score (nSPS) is 11.7. The van der Waals surface area contributed by atoms with Gasteiger partial charge in [-0.1, -0.05) is 17.7 Å². The van der Waals surface area contributed by atoms with Gasteiger partial charge < -0.3 is 10.5 Å². The molecule has 5 heteroatoms. The highest BCUT2D eigenvalue weighted by molar-refractivity contribution is 7.80. The van der Waals surface area contributed by atoms with E-state index in [4.69, 9.17) is 22.1 Å². The minimum absolute atomic E-state index is 0. The predicted octanol–water partition coefficient (Wildman–Crippen LogP) is 3.57. The van der Waals surface area contributed by atoms with E-state index >= 15 is 0 Å². The van der Waals surface area contributed by atoms with Crippen molar-refractivity contribution in [1.29, 1.82) is 0 Å². The number of ether oxygens (including phenoxy) is 1. The lowest BCUT2D eigenvalue weighted by Crippen LogP contribution is -2.21. The lowest BCUT2D eigenvalue weighted by atomic mass is 10.1. The molecule has 0 aliphatic heterocycles. The third kappa shape index (κ3) is 7.77. The van der Waals surface area contributed by atoms with E-state index in [0.717, 1.165) is 30.8 Å². The molecule has 2 nitrogen and oxygen atoms in total. The Balaban J connectivity index is 0.00000256. The molecule has 0 aromatic heterocycles. The lowest BCUT2D eigenvalue weighted by Gasteiger charge is -2.09. The number of hydrogen-bond donors (Lipinski definition) is 2. The van der Waals surface area contributed by atoms with Crippen LogP contribution >= 0.6 is 36.6 Å². The van der Waals surface area contributed by atoms with Crippen molar-refractivity contribution in [2.24, 2.45) is 5.73 Å². The summed E-state index contributed by atoms with van der Waals surface area (Å²) in [5, 5.41) is 0.703. The van der Waals surface area contributed by atoms with Crippen LogP contribution in [0.1, 0.15) is 19.3 Å². The van der Waals surface area contributed by atoms with Crippen LogP contribution in [0.25, 0.3) is 0 Å². The quantitative estimate of drug-likeness (QED) is 0.596. The van der Waals surface area contributed by atoms with E-state index < -0.39 is 0 Å². The fourth-order valence-electron chi connectivity index (χ4n) is 1.35. The molecule has 0 bridgehead atoms. The van der Waals surface area contributed by atoms with E-state index in [1.54, 1.807) is 0 Å². The van der Waals surface area contributed by atoms with Crippen molar-refractivity contribution in [3.05, 3.63) is 29.3 Å². The Morgan fingerprint density at radius 1 is 1.35 bits per heavy atom. The predicted molar refractivity (Wildman–Crippen MR) is 79.9 cm³/mol. The van der Waals surface area contributed by atoms with E-state index in [-0.39, 0.29) is 18.4 Å². The van der Waals surface area contributed by atoms with E-state index in [0.29, 0.717) is 11.6 Å². The zero-order valence-electron chi connectivity index (χ0n) is 9.64. The van der Waals surface area contributed by atoms with Crippen molar-refractivity contribution in [2.75, 3.05) is 12.4 Å². The smallest absolute Gasteiger partial charge is 0.120 e. The van der Waals surface area contributed by atoms with Crippen molar-refractivity contribution in [3.8, 4) is 5.75 Å². The Hall–Kier alpha value is -0.0900. The van der Waals surface area contributed by atoms with Crippen molar-refractivity contribution in [3.63, 3.8) is 0 Å². The van der Waals surface area contributed by atoms with Crippen LogP contribution in [0.15, 0.2) is 24.3 Å². The molecular formula is C12H19Cl2NOS. The number of benzene rings is 1. The molecule has 1 atom stereocenters. The number of hydrogen-bond acceptors (Lipinski definition) is 3. The highest BCUT2D eigenvalue weighted by atomic mass is 35.5. The Labute approximate surface area is 120 Å². The molecule has 0 radical (unpaired) electrons. The summed E-state index contributed by atoms with van der Waals surface area (Å²) < 4.78 is 5.56. The van der Waals surface area contributed by atoms with Crippen LogP contribution in [0.2, 0.25) is 5.02 Å². The molecule has 1 aromatic carbocycles. The molecule has 0 saturated heterocycles. The first-order valence-electron chi connectivity index (χ1n) is 5.47. The molecule has 2 N–H and O–H groups in total. The van der Waals surface area contributed by atoms with Crippen molar-refractivity contribution < 1.29 is 4.74 Å². The number of nitrogens with two attached hydrogens (primary N) is 1. The van der Waals surface area contributed by atoms with E-state index in [1.165, 1.54) is 0 Å². The van der Waals surface area contributed by atoms with Gasteiger partial charge in [0.1, 0.15) is 5.75 Å². The van der Waals surface area contributed by atoms with Gasteiger partial charge in [-0.05, 0) is 37.5 Å². The van der Waals surface area contributed by atoms with Gasteiger partial charge in [0.25, 0.3) is 0 Å². The molecule has 1 aromatic rings. The summed E-state index contributed by atoms with van der Waals surface area (Å²) in [5.74, 6) is 1.57. The zero-order chi connectivity index (χ0) is 11.8. The summed E-state index contributed by atoms with van der Waals surface area (Å²) in [6, 6.07) is 7.65. The summed E-state index contributed by atoms with van der Waals surface area (Å²) in [6.07, 6.45) is 3.08.